The number of benzene rings is 3. The van der Waals surface area contributed by atoms with Gasteiger partial charge in [-0.25, -0.2) is 0 Å². The third kappa shape index (κ3) is 7.60. The highest BCUT2D eigenvalue weighted by Gasteiger charge is 2.17. The Morgan fingerprint density at radius 3 is 2.37 bits per heavy atom. The van der Waals surface area contributed by atoms with Gasteiger partial charge in [-0.05, 0) is 53.8 Å². The summed E-state index contributed by atoms with van der Waals surface area (Å²) in [7, 11) is 1.55. The molecule has 6 heteroatoms. The van der Waals surface area contributed by atoms with Crippen LogP contribution >= 0.6 is 0 Å². The number of methoxy groups -OCH3 is 1. The maximum absolute atomic E-state index is 12.7. The van der Waals surface area contributed by atoms with Crippen LogP contribution in [0.1, 0.15) is 42.1 Å². The zero-order valence-electron chi connectivity index (χ0n) is 20.3. The van der Waals surface area contributed by atoms with Gasteiger partial charge < -0.3 is 19.9 Å². The molecule has 1 atom stereocenters. The molecule has 0 bridgehead atoms. The average Bonchev–Trinajstić information content (AvgIpc) is 2.89. The molecular formula is C29H33NO5. The second-order valence-corrected chi connectivity index (χ2v) is 8.41. The van der Waals surface area contributed by atoms with Gasteiger partial charge in [0.2, 0.25) is 0 Å². The third-order valence-electron chi connectivity index (χ3n) is 5.87. The van der Waals surface area contributed by atoms with Crippen LogP contribution in [0.4, 0.5) is 0 Å². The Kier molecular flexibility index (Phi) is 9.72. The van der Waals surface area contributed by atoms with Crippen LogP contribution in [0.5, 0.6) is 11.5 Å². The fourth-order valence-electron chi connectivity index (χ4n) is 3.89. The van der Waals surface area contributed by atoms with Gasteiger partial charge in [-0.2, -0.15) is 0 Å². The van der Waals surface area contributed by atoms with E-state index in [2.05, 4.69) is 12.2 Å². The predicted octanol–water partition coefficient (Wildman–Crippen LogP) is 5.60. The van der Waals surface area contributed by atoms with Crippen LogP contribution in [-0.2, 0) is 11.2 Å². The molecule has 3 aromatic carbocycles. The number of carboxylic acids is 1. The Hall–Kier alpha value is -3.80. The van der Waals surface area contributed by atoms with E-state index in [0.717, 1.165) is 29.5 Å². The van der Waals surface area contributed by atoms with Crippen LogP contribution in [-0.4, -0.2) is 37.2 Å². The number of carbonyl (C=O) groups is 2. The lowest BCUT2D eigenvalue weighted by Crippen LogP contribution is -2.28. The maximum atomic E-state index is 12.7. The zero-order valence-corrected chi connectivity index (χ0v) is 20.3. The van der Waals surface area contributed by atoms with E-state index in [1.54, 1.807) is 13.2 Å². The lowest BCUT2D eigenvalue weighted by atomic mass is 9.94. The number of hydrogen-bond acceptors (Lipinski definition) is 4. The Labute approximate surface area is 206 Å². The second-order valence-electron chi connectivity index (χ2n) is 8.41. The molecule has 184 valence electrons. The fourth-order valence-corrected chi connectivity index (χ4v) is 3.89. The summed E-state index contributed by atoms with van der Waals surface area (Å²) >= 11 is 0. The summed E-state index contributed by atoms with van der Waals surface area (Å²) in [4.78, 5) is 24.1. The summed E-state index contributed by atoms with van der Waals surface area (Å²) in [5, 5.41) is 12.3. The van der Waals surface area contributed by atoms with Crippen LogP contribution in [0.25, 0.3) is 11.1 Å². The first kappa shape index (κ1) is 25.8. The minimum atomic E-state index is -0.749. The minimum Gasteiger partial charge on any atom is -0.496 e. The number of rotatable bonds is 13. The monoisotopic (exact) mass is 475 g/mol. The maximum Gasteiger partial charge on any atom is 0.306 e. The van der Waals surface area contributed by atoms with Crippen molar-refractivity contribution in [3.05, 3.63) is 83.9 Å². The van der Waals surface area contributed by atoms with Crippen LogP contribution in [0, 0.1) is 5.92 Å². The summed E-state index contributed by atoms with van der Waals surface area (Å²) in [6, 6.07) is 22.9. The van der Waals surface area contributed by atoms with Gasteiger partial charge in [-0.15, -0.1) is 0 Å². The highest BCUT2D eigenvalue weighted by atomic mass is 16.5. The summed E-state index contributed by atoms with van der Waals surface area (Å²) in [5.41, 5.74) is 3.47. The quantitative estimate of drug-likeness (QED) is 0.314. The summed E-state index contributed by atoms with van der Waals surface area (Å²) in [5.74, 6) is -0.157. The Bertz CT molecular complexity index is 1100. The average molecular weight is 476 g/mol. The van der Waals surface area contributed by atoms with Crippen molar-refractivity contribution in [3.63, 3.8) is 0 Å². The van der Waals surface area contributed by atoms with Crippen LogP contribution in [0.15, 0.2) is 72.8 Å². The van der Waals surface area contributed by atoms with Crippen molar-refractivity contribution < 1.29 is 24.2 Å². The number of amides is 1. The van der Waals surface area contributed by atoms with Gasteiger partial charge in [-0.1, -0.05) is 68.3 Å². The SMILES string of the molecule is CCCCC(Cc1ccc(OCCNC(=O)c2ccc(-c3ccccc3)cc2OC)cc1)C(=O)O. The molecule has 0 aliphatic carbocycles. The molecule has 0 saturated heterocycles. The molecule has 1 amide bonds. The van der Waals surface area contributed by atoms with Gasteiger partial charge in [0.15, 0.2) is 0 Å². The summed E-state index contributed by atoms with van der Waals surface area (Å²) in [6.07, 6.45) is 3.09. The highest BCUT2D eigenvalue weighted by molar-refractivity contribution is 5.97. The van der Waals surface area contributed by atoms with Gasteiger partial charge in [0.25, 0.3) is 5.91 Å². The topological polar surface area (TPSA) is 84.9 Å². The summed E-state index contributed by atoms with van der Waals surface area (Å²) < 4.78 is 11.2. The smallest absolute Gasteiger partial charge is 0.306 e. The van der Waals surface area contributed by atoms with E-state index in [-0.39, 0.29) is 11.8 Å². The first-order valence-corrected chi connectivity index (χ1v) is 12.0. The number of unbranched alkanes of at least 4 members (excludes halogenated alkanes) is 1. The first-order valence-electron chi connectivity index (χ1n) is 12.0. The molecule has 3 rings (SSSR count). The van der Waals surface area contributed by atoms with Gasteiger partial charge in [0.1, 0.15) is 18.1 Å². The molecule has 6 nitrogen and oxygen atoms in total. The molecule has 0 heterocycles. The van der Waals surface area contributed by atoms with Gasteiger partial charge in [0.05, 0.1) is 25.1 Å². The molecule has 0 radical (unpaired) electrons. The lowest BCUT2D eigenvalue weighted by Gasteiger charge is -2.13. The largest absolute Gasteiger partial charge is 0.496 e. The van der Waals surface area contributed by atoms with Crippen molar-refractivity contribution in [1.82, 2.24) is 5.32 Å². The van der Waals surface area contributed by atoms with Crippen molar-refractivity contribution in [2.75, 3.05) is 20.3 Å². The van der Waals surface area contributed by atoms with Crippen molar-refractivity contribution in [1.29, 1.82) is 0 Å². The van der Waals surface area contributed by atoms with Crippen LogP contribution in [0.3, 0.4) is 0 Å². The Balaban J connectivity index is 1.49. The predicted molar refractivity (Wildman–Crippen MR) is 137 cm³/mol. The number of carboxylic acid groups (broad SMARTS) is 1. The van der Waals surface area contributed by atoms with E-state index in [1.807, 2.05) is 66.7 Å². The van der Waals surface area contributed by atoms with Crippen molar-refractivity contribution in [2.45, 2.75) is 32.6 Å². The molecule has 0 spiro atoms. The van der Waals surface area contributed by atoms with Gasteiger partial charge >= 0.3 is 5.97 Å². The van der Waals surface area contributed by atoms with Crippen LogP contribution < -0.4 is 14.8 Å². The molecule has 2 N–H and O–H groups in total. The number of nitrogens with one attached hydrogen (secondary N) is 1. The van der Waals surface area contributed by atoms with Gasteiger partial charge in [0, 0.05) is 0 Å². The molecule has 0 aliphatic rings. The minimum absolute atomic E-state index is 0.229. The van der Waals surface area contributed by atoms with E-state index < -0.39 is 5.97 Å². The normalized spacial score (nSPS) is 11.5. The van der Waals surface area contributed by atoms with E-state index in [1.165, 1.54) is 0 Å². The molecule has 35 heavy (non-hydrogen) atoms. The van der Waals surface area contributed by atoms with E-state index in [4.69, 9.17) is 9.47 Å². The number of carbonyl (C=O) groups excluding carboxylic acids is 1. The molecule has 1 unspecified atom stereocenters. The van der Waals surface area contributed by atoms with Crippen molar-refractivity contribution in [2.24, 2.45) is 5.92 Å². The summed E-state index contributed by atoms with van der Waals surface area (Å²) in [6.45, 7) is 2.71. The molecule has 3 aromatic rings. The van der Waals surface area contributed by atoms with Crippen molar-refractivity contribution >= 4 is 11.9 Å². The third-order valence-corrected chi connectivity index (χ3v) is 5.87. The molecule has 0 saturated carbocycles. The van der Waals surface area contributed by atoms with Crippen molar-refractivity contribution in [3.8, 4) is 22.6 Å². The number of ether oxygens (including phenoxy) is 2. The molecular weight excluding hydrogens is 442 g/mol. The molecule has 0 aromatic heterocycles. The fraction of sp³-hybridized carbons (Fsp3) is 0.310. The second kappa shape index (κ2) is 13.2. The van der Waals surface area contributed by atoms with E-state index in [9.17, 15) is 14.7 Å². The van der Waals surface area contributed by atoms with Gasteiger partial charge in [-0.3, -0.25) is 9.59 Å². The Morgan fingerprint density at radius 1 is 0.971 bits per heavy atom. The lowest BCUT2D eigenvalue weighted by molar-refractivity contribution is -0.142. The van der Waals surface area contributed by atoms with E-state index >= 15 is 0 Å². The zero-order chi connectivity index (χ0) is 25.0. The van der Waals surface area contributed by atoms with E-state index in [0.29, 0.717) is 43.1 Å². The first-order chi connectivity index (χ1) is 17.0. The highest BCUT2D eigenvalue weighted by Crippen LogP contribution is 2.27. The Morgan fingerprint density at radius 2 is 1.71 bits per heavy atom. The molecule has 0 fully saturated rings. The molecule has 0 aliphatic heterocycles. The number of aliphatic carboxylic acids is 1. The number of hydrogen-bond donors (Lipinski definition) is 2. The standard InChI is InChI=1S/C29H33NO5/c1-3-4-8-24(29(32)33)19-21-11-14-25(15-12-21)35-18-17-30-28(31)26-16-13-23(20-27(26)34-2)22-9-6-5-7-10-22/h5-7,9-16,20,24H,3-4,8,17-19H2,1-2H3,(H,30,31)(H,32,33). The van der Waals surface area contributed by atoms with Crippen LogP contribution in [0.2, 0.25) is 0 Å².